The van der Waals surface area contributed by atoms with Crippen molar-refractivity contribution in [2.45, 2.75) is 46.0 Å². The number of ether oxygens (including phenoxy) is 1. The highest BCUT2D eigenvalue weighted by molar-refractivity contribution is 5.96. The van der Waals surface area contributed by atoms with Gasteiger partial charge in [0.05, 0.1) is 12.5 Å². The van der Waals surface area contributed by atoms with Crippen molar-refractivity contribution in [3.63, 3.8) is 0 Å². The second-order valence-electron chi connectivity index (χ2n) is 7.01. The van der Waals surface area contributed by atoms with E-state index >= 15 is 0 Å². The number of carbonyl (C=O) groups excluding carboxylic acids is 1. The van der Waals surface area contributed by atoms with Crippen molar-refractivity contribution < 1.29 is 9.53 Å². The standard InChI is InChI=1S/C20H22O2/c1-12-10-16-13(11-18(12)22-3)4-5-15-14(16)8-9-20(2)17(15)6-7-19(20)21/h6,10-11H,4-5,7-9H2,1-3H3. The highest BCUT2D eigenvalue weighted by Crippen LogP contribution is 2.54. The van der Waals surface area contributed by atoms with Gasteiger partial charge in [0.2, 0.25) is 0 Å². The predicted octanol–water partition coefficient (Wildman–Crippen LogP) is 4.40. The van der Waals surface area contributed by atoms with E-state index in [1.807, 2.05) is 0 Å². The van der Waals surface area contributed by atoms with Crippen molar-refractivity contribution in [3.05, 3.63) is 46.0 Å². The minimum absolute atomic E-state index is 0.210. The van der Waals surface area contributed by atoms with E-state index < -0.39 is 0 Å². The molecule has 1 aromatic carbocycles. The molecular weight excluding hydrogens is 272 g/mol. The molecule has 3 aliphatic rings. The zero-order valence-electron chi connectivity index (χ0n) is 13.6. The van der Waals surface area contributed by atoms with E-state index in [-0.39, 0.29) is 5.41 Å². The number of carbonyl (C=O) groups is 1. The Bertz CT molecular complexity index is 751. The van der Waals surface area contributed by atoms with Crippen molar-refractivity contribution in [2.24, 2.45) is 5.41 Å². The molecular formula is C20H22O2. The van der Waals surface area contributed by atoms with Gasteiger partial charge in [-0.1, -0.05) is 6.08 Å². The maximum absolute atomic E-state index is 12.3. The maximum atomic E-state index is 12.3. The van der Waals surface area contributed by atoms with Gasteiger partial charge < -0.3 is 4.74 Å². The summed E-state index contributed by atoms with van der Waals surface area (Å²) in [6.45, 7) is 4.26. The van der Waals surface area contributed by atoms with Crippen LogP contribution in [0.25, 0.3) is 5.57 Å². The van der Waals surface area contributed by atoms with Crippen LogP contribution < -0.4 is 4.74 Å². The third-order valence-electron chi connectivity index (χ3n) is 5.86. The highest BCUT2D eigenvalue weighted by Gasteiger charge is 2.45. The molecule has 0 saturated carbocycles. The van der Waals surface area contributed by atoms with Gasteiger partial charge in [-0.15, -0.1) is 0 Å². The molecule has 1 aromatic rings. The lowest BCUT2D eigenvalue weighted by molar-refractivity contribution is -0.124. The maximum Gasteiger partial charge on any atom is 0.146 e. The van der Waals surface area contributed by atoms with Crippen LogP contribution in [0.3, 0.4) is 0 Å². The third kappa shape index (κ3) is 1.70. The zero-order valence-corrected chi connectivity index (χ0v) is 13.6. The van der Waals surface area contributed by atoms with Crippen LogP contribution in [0.4, 0.5) is 0 Å². The Morgan fingerprint density at radius 3 is 2.73 bits per heavy atom. The van der Waals surface area contributed by atoms with Gasteiger partial charge in [0.15, 0.2) is 0 Å². The number of aryl methyl sites for hydroxylation is 2. The van der Waals surface area contributed by atoms with E-state index in [0.29, 0.717) is 12.2 Å². The molecule has 0 heterocycles. The fourth-order valence-electron chi connectivity index (χ4n) is 4.49. The van der Waals surface area contributed by atoms with Crippen LogP contribution in [0, 0.1) is 12.3 Å². The minimum Gasteiger partial charge on any atom is -0.496 e. The molecule has 3 aliphatic carbocycles. The van der Waals surface area contributed by atoms with E-state index in [4.69, 9.17) is 4.74 Å². The molecule has 0 aliphatic heterocycles. The molecule has 22 heavy (non-hydrogen) atoms. The molecule has 0 amide bonds. The molecule has 4 rings (SSSR count). The number of hydrogen-bond acceptors (Lipinski definition) is 2. The third-order valence-corrected chi connectivity index (χ3v) is 5.86. The first kappa shape index (κ1) is 13.8. The summed E-state index contributed by atoms with van der Waals surface area (Å²) in [7, 11) is 1.74. The number of benzene rings is 1. The second kappa shape index (κ2) is 4.58. The Kier molecular flexibility index (Phi) is 2.87. The summed E-state index contributed by atoms with van der Waals surface area (Å²) in [5, 5.41) is 0. The number of ketones is 1. The van der Waals surface area contributed by atoms with E-state index in [2.05, 4.69) is 32.1 Å². The molecule has 0 radical (unpaired) electrons. The minimum atomic E-state index is -0.210. The van der Waals surface area contributed by atoms with Crippen molar-refractivity contribution >= 4 is 11.4 Å². The summed E-state index contributed by atoms with van der Waals surface area (Å²) in [6.07, 6.45) is 6.90. The van der Waals surface area contributed by atoms with Gasteiger partial charge in [-0.3, -0.25) is 4.79 Å². The van der Waals surface area contributed by atoms with E-state index in [1.165, 1.54) is 33.4 Å². The summed E-state index contributed by atoms with van der Waals surface area (Å²) >= 11 is 0. The predicted molar refractivity (Wildman–Crippen MR) is 88.0 cm³/mol. The number of Topliss-reactive ketones (excluding diaryl/α,β-unsaturated/α-hetero) is 1. The van der Waals surface area contributed by atoms with Crippen LogP contribution in [0.2, 0.25) is 0 Å². The SMILES string of the molecule is COc1cc2c(cc1C)C1=C(CC2)C2=CCC(=O)C2(C)CC1. The average molecular weight is 294 g/mol. The first-order valence-electron chi connectivity index (χ1n) is 8.19. The molecule has 1 atom stereocenters. The van der Waals surface area contributed by atoms with Crippen LogP contribution in [0.5, 0.6) is 5.75 Å². The number of methoxy groups -OCH3 is 1. The highest BCUT2D eigenvalue weighted by atomic mass is 16.5. The Hall–Kier alpha value is -1.83. The van der Waals surface area contributed by atoms with Gasteiger partial charge in [-0.05, 0) is 85.1 Å². The van der Waals surface area contributed by atoms with Crippen molar-refractivity contribution in [1.82, 2.24) is 0 Å². The molecule has 0 aromatic heterocycles. The largest absolute Gasteiger partial charge is 0.496 e. The quantitative estimate of drug-likeness (QED) is 0.767. The van der Waals surface area contributed by atoms with Gasteiger partial charge in [0, 0.05) is 6.42 Å². The van der Waals surface area contributed by atoms with Crippen LogP contribution in [-0.4, -0.2) is 12.9 Å². The normalized spacial score (nSPS) is 26.3. The summed E-state index contributed by atoms with van der Waals surface area (Å²) in [6, 6.07) is 4.49. The van der Waals surface area contributed by atoms with E-state index in [9.17, 15) is 4.79 Å². The number of hydrogen-bond donors (Lipinski definition) is 0. The Morgan fingerprint density at radius 2 is 1.95 bits per heavy atom. The van der Waals surface area contributed by atoms with Gasteiger partial charge >= 0.3 is 0 Å². The van der Waals surface area contributed by atoms with Gasteiger partial charge in [-0.25, -0.2) is 0 Å². The second-order valence-corrected chi connectivity index (χ2v) is 7.01. The molecule has 1 unspecified atom stereocenters. The van der Waals surface area contributed by atoms with E-state index in [1.54, 1.807) is 7.11 Å². The van der Waals surface area contributed by atoms with Gasteiger partial charge in [-0.2, -0.15) is 0 Å². The van der Waals surface area contributed by atoms with Crippen LogP contribution in [0.15, 0.2) is 29.4 Å². The lowest BCUT2D eigenvalue weighted by Crippen LogP contribution is -2.30. The first-order chi connectivity index (χ1) is 10.5. The summed E-state index contributed by atoms with van der Waals surface area (Å²) in [5.74, 6) is 1.39. The van der Waals surface area contributed by atoms with E-state index in [0.717, 1.165) is 31.4 Å². The van der Waals surface area contributed by atoms with Gasteiger partial charge in [0.1, 0.15) is 11.5 Å². The summed E-state index contributed by atoms with van der Waals surface area (Å²) in [4.78, 5) is 12.3. The average Bonchev–Trinajstić information content (AvgIpc) is 2.82. The topological polar surface area (TPSA) is 26.3 Å². The number of rotatable bonds is 1. The van der Waals surface area contributed by atoms with Crippen LogP contribution in [0.1, 0.15) is 49.3 Å². The number of fused-ring (bicyclic) bond motifs is 4. The lowest BCUT2D eigenvalue weighted by Gasteiger charge is -2.38. The molecule has 114 valence electrons. The van der Waals surface area contributed by atoms with Crippen LogP contribution in [-0.2, 0) is 11.2 Å². The van der Waals surface area contributed by atoms with Crippen molar-refractivity contribution in [1.29, 1.82) is 0 Å². The monoisotopic (exact) mass is 294 g/mol. The number of allylic oxidation sites excluding steroid dienone is 4. The summed E-state index contributed by atoms with van der Waals surface area (Å²) in [5.41, 5.74) is 8.04. The Labute approximate surface area is 131 Å². The summed E-state index contributed by atoms with van der Waals surface area (Å²) < 4.78 is 5.47. The fraction of sp³-hybridized carbons (Fsp3) is 0.450. The fourth-order valence-corrected chi connectivity index (χ4v) is 4.49. The van der Waals surface area contributed by atoms with Gasteiger partial charge in [0.25, 0.3) is 0 Å². The van der Waals surface area contributed by atoms with Crippen molar-refractivity contribution in [3.8, 4) is 5.75 Å². The molecule has 0 saturated heterocycles. The Morgan fingerprint density at radius 1 is 1.14 bits per heavy atom. The smallest absolute Gasteiger partial charge is 0.146 e. The zero-order chi connectivity index (χ0) is 15.5. The Balaban J connectivity index is 1.87. The molecule has 0 bridgehead atoms. The first-order valence-corrected chi connectivity index (χ1v) is 8.19. The van der Waals surface area contributed by atoms with Crippen molar-refractivity contribution in [2.75, 3.05) is 7.11 Å². The molecule has 0 fully saturated rings. The molecule has 0 spiro atoms. The molecule has 0 N–H and O–H groups in total. The molecule has 2 nitrogen and oxygen atoms in total. The lowest BCUT2D eigenvalue weighted by atomic mass is 9.65. The molecule has 2 heteroatoms. The van der Waals surface area contributed by atoms with Crippen LogP contribution >= 0.6 is 0 Å².